The van der Waals surface area contributed by atoms with E-state index in [1.54, 1.807) is 3.58 Å². The molecule has 1 aromatic carbocycles. The molecule has 17 heavy (non-hydrogen) atoms. The molecule has 0 amide bonds. The van der Waals surface area contributed by atoms with Gasteiger partial charge in [0.05, 0.1) is 0 Å². The van der Waals surface area contributed by atoms with Crippen LogP contribution in [0.2, 0.25) is 5.02 Å². The Hall–Kier alpha value is 0.130. The van der Waals surface area contributed by atoms with Gasteiger partial charge in [-0.1, -0.05) is 0 Å². The molecule has 0 bridgehead atoms. The van der Waals surface area contributed by atoms with Crippen LogP contribution in [0.1, 0.15) is 23.3 Å². The molecule has 0 saturated heterocycles. The van der Waals surface area contributed by atoms with E-state index < -0.39 is 0 Å². The van der Waals surface area contributed by atoms with E-state index in [1.807, 2.05) is 23.9 Å². The molecule has 1 aromatic heterocycles. The van der Waals surface area contributed by atoms with E-state index in [0.717, 1.165) is 5.02 Å². The Morgan fingerprint density at radius 2 is 2.00 bits per heavy atom. The van der Waals surface area contributed by atoms with Gasteiger partial charge in [-0.05, 0) is 0 Å². The number of benzene rings is 1. The van der Waals surface area contributed by atoms with E-state index in [4.69, 9.17) is 11.6 Å². The van der Waals surface area contributed by atoms with Crippen molar-refractivity contribution in [2.24, 2.45) is 0 Å². The molecule has 90 valence electrons. The molecule has 0 spiro atoms. The van der Waals surface area contributed by atoms with Gasteiger partial charge in [-0.2, -0.15) is 0 Å². The minimum atomic E-state index is -0.0999. The molecule has 2 aromatic rings. The van der Waals surface area contributed by atoms with E-state index >= 15 is 0 Å². The quantitative estimate of drug-likeness (QED) is 0.668. The van der Waals surface area contributed by atoms with Crippen molar-refractivity contribution in [3.8, 4) is 0 Å². The molecular formula is C14H15ClSTe. The Morgan fingerprint density at radius 3 is 2.76 bits per heavy atom. The van der Waals surface area contributed by atoms with E-state index in [9.17, 15) is 0 Å². The summed E-state index contributed by atoms with van der Waals surface area (Å²) in [7, 11) is 0. The van der Waals surface area contributed by atoms with Crippen LogP contribution in [0.4, 0.5) is 0 Å². The summed E-state index contributed by atoms with van der Waals surface area (Å²) in [4.78, 5) is 1.19. The van der Waals surface area contributed by atoms with Crippen LogP contribution >= 0.6 is 23.4 Å². The predicted molar refractivity (Wildman–Crippen MR) is 77.6 cm³/mol. The standard InChI is InChI=1S/C14H15ClSTe/c1-2-3-6-11-9-10-14(17-11)16-13-8-5-4-7-12(13)15/h4-5,7-10H,2-3,6H2,1H3. The van der Waals surface area contributed by atoms with Gasteiger partial charge in [0.1, 0.15) is 0 Å². The molecule has 3 heteroatoms. The van der Waals surface area contributed by atoms with Gasteiger partial charge in [0.25, 0.3) is 0 Å². The second-order valence-corrected chi connectivity index (χ2v) is 9.49. The molecule has 0 aliphatic rings. The maximum atomic E-state index is 6.17. The van der Waals surface area contributed by atoms with Crippen LogP contribution in [0.15, 0.2) is 44.2 Å². The first-order valence-electron chi connectivity index (χ1n) is 5.80. The first kappa shape index (κ1) is 13.6. The van der Waals surface area contributed by atoms with Crippen molar-refractivity contribution in [3.63, 3.8) is 0 Å². The van der Waals surface area contributed by atoms with Gasteiger partial charge >= 0.3 is 123 Å². The first-order chi connectivity index (χ1) is 8.29. The van der Waals surface area contributed by atoms with Crippen molar-refractivity contribution >= 4 is 43.8 Å². The van der Waals surface area contributed by atoms with Gasteiger partial charge in [-0.25, -0.2) is 0 Å². The van der Waals surface area contributed by atoms with Gasteiger partial charge in [0.2, 0.25) is 0 Å². The second kappa shape index (κ2) is 6.90. The number of rotatable bonds is 5. The zero-order valence-corrected chi connectivity index (χ0v) is 13.7. The summed E-state index contributed by atoms with van der Waals surface area (Å²) in [5, 5.41) is 0.868. The Kier molecular flexibility index (Phi) is 5.50. The van der Waals surface area contributed by atoms with Crippen molar-refractivity contribution in [3.05, 3.63) is 45.0 Å². The van der Waals surface area contributed by atoms with Crippen LogP contribution in [-0.2, 0) is 6.42 Å². The van der Waals surface area contributed by atoms with Gasteiger partial charge in [-0.3, -0.25) is 0 Å². The maximum absolute atomic E-state index is 6.17. The summed E-state index contributed by atoms with van der Waals surface area (Å²) in [6, 6.07) is 12.7. The summed E-state index contributed by atoms with van der Waals surface area (Å²) in [5.41, 5.74) is 0. The van der Waals surface area contributed by atoms with Gasteiger partial charge in [0, 0.05) is 0 Å². The van der Waals surface area contributed by atoms with E-state index in [2.05, 4.69) is 31.2 Å². The molecule has 0 N–H and O–H groups in total. The summed E-state index contributed by atoms with van der Waals surface area (Å²) in [5.74, 6) is 0. The third-order valence-corrected chi connectivity index (χ3v) is 7.77. The Morgan fingerprint density at radius 1 is 1.18 bits per heavy atom. The number of unbranched alkanes of at least 4 members (excludes halogenated alkanes) is 1. The molecule has 0 aliphatic heterocycles. The van der Waals surface area contributed by atoms with Gasteiger partial charge < -0.3 is 0 Å². The molecule has 0 aliphatic carbocycles. The van der Waals surface area contributed by atoms with Crippen LogP contribution in [-0.4, -0.2) is 20.4 Å². The number of aryl methyl sites for hydroxylation is 1. The molecule has 2 rings (SSSR count). The molecule has 0 nitrogen and oxygen atoms in total. The van der Waals surface area contributed by atoms with Crippen LogP contribution in [0.3, 0.4) is 0 Å². The van der Waals surface area contributed by atoms with Crippen molar-refractivity contribution in [1.82, 2.24) is 0 Å². The topological polar surface area (TPSA) is 0 Å². The Balaban J connectivity index is 2.04. The van der Waals surface area contributed by atoms with Crippen LogP contribution < -0.4 is 0 Å². The minimum absolute atomic E-state index is 0.0999. The van der Waals surface area contributed by atoms with Gasteiger partial charge in [-0.15, -0.1) is 0 Å². The molecule has 0 radical (unpaired) electrons. The zero-order chi connectivity index (χ0) is 12.1. The first-order valence-corrected chi connectivity index (χ1v) is 9.33. The summed E-state index contributed by atoms with van der Waals surface area (Å²) < 4.78 is 3.22. The SMILES string of the molecule is CCCCc1ccc(Sc2ccccc2Cl)[te]1. The Bertz CT molecular complexity index is 479. The fraction of sp³-hybridized carbons (Fsp3) is 0.286. The van der Waals surface area contributed by atoms with Crippen molar-refractivity contribution < 1.29 is 0 Å². The average molecular weight is 378 g/mol. The van der Waals surface area contributed by atoms with Crippen molar-refractivity contribution in [2.75, 3.05) is 0 Å². The van der Waals surface area contributed by atoms with E-state index in [0.29, 0.717) is 0 Å². The molecular weight excluding hydrogens is 363 g/mol. The van der Waals surface area contributed by atoms with Gasteiger partial charge in [0.15, 0.2) is 0 Å². The monoisotopic (exact) mass is 380 g/mol. The molecule has 0 saturated carbocycles. The predicted octanol–water partition coefficient (Wildman–Crippen LogP) is 4.89. The molecule has 1 heterocycles. The van der Waals surface area contributed by atoms with Crippen LogP contribution in [0, 0.1) is 0 Å². The van der Waals surface area contributed by atoms with Crippen molar-refractivity contribution in [2.45, 2.75) is 34.0 Å². The van der Waals surface area contributed by atoms with Crippen LogP contribution in [0.5, 0.6) is 0 Å². The number of hydrogen-bond donors (Lipinski definition) is 0. The Labute approximate surface area is 122 Å². The zero-order valence-electron chi connectivity index (χ0n) is 9.78. The summed E-state index contributed by atoms with van der Waals surface area (Å²) in [6.45, 7) is 2.25. The van der Waals surface area contributed by atoms with E-state index in [-0.39, 0.29) is 20.4 Å². The normalized spacial score (nSPS) is 10.7. The fourth-order valence-corrected chi connectivity index (χ4v) is 6.55. The fourth-order valence-electron chi connectivity index (χ4n) is 1.53. The third-order valence-electron chi connectivity index (χ3n) is 2.46. The van der Waals surface area contributed by atoms with E-state index in [1.165, 1.54) is 27.1 Å². The molecule has 0 unspecified atom stereocenters. The van der Waals surface area contributed by atoms with Crippen molar-refractivity contribution in [1.29, 1.82) is 0 Å². The van der Waals surface area contributed by atoms with Crippen LogP contribution in [0.25, 0.3) is 0 Å². The summed E-state index contributed by atoms with van der Waals surface area (Å²) >= 11 is 7.92. The molecule has 0 atom stereocenters. The summed E-state index contributed by atoms with van der Waals surface area (Å²) in [6.07, 6.45) is 3.91. The number of hydrogen-bond acceptors (Lipinski definition) is 1. The second-order valence-electron chi connectivity index (χ2n) is 3.86. The molecule has 0 fully saturated rings. The third kappa shape index (κ3) is 4.07. The average Bonchev–Trinajstić information content (AvgIpc) is 2.77. The number of halogens is 1.